The van der Waals surface area contributed by atoms with Crippen LogP contribution in [0.3, 0.4) is 0 Å². The first-order valence-electron chi connectivity index (χ1n) is 9.79. The van der Waals surface area contributed by atoms with E-state index in [9.17, 15) is 29.8 Å². The second-order valence-corrected chi connectivity index (χ2v) is 7.16. The number of amides is 1. The van der Waals surface area contributed by atoms with E-state index in [-0.39, 0.29) is 33.6 Å². The van der Waals surface area contributed by atoms with Crippen LogP contribution in [0.15, 0.2) is 30.3 Å². The van der Waals surface area contributed by atoms with Gasteiger partial charge >= 0.3 is 0 Å². The second kappa shape index (κ2) is 8.81. The molecule has 2 aromatic carbocycles. The number of rotatable bonds is 9. The highest BCUT2D eigenvalue weighted by molar-refractivity contribution is 6.25. The van der Waals surface area contributed by atoms with Crippen molar-refractivity contribution in [2.75, 3.05) is 6.54 Å². The summed E-state index contributed by atoms with van der Waals surface area (Å²) in [6, 6.07) is 6.06. The first-order chi connectivity index (χ1) is 14.3. The zero-order valence-corrected chi connectivity index (χ0v) is 16.5. The highest BCUT2D eigenvalue weighted by Gasteiger charge is 2.34. The van der Waals surface area contributed by atoms with Crippen molar-refractivity contribution in [2.45, 2.75) is 39.0 Å². The predicted octanol–water partition coefficient (Wildman–Crippen LogP) is 4.41. The van der Waals surface area contributed by atoms with Crippen molar-refractivity contribution in [3.05, 3.63) is 67.3 Å². The lowest BCUT2D eigenvalue weighted by Gasteiger charge is -2.10. The van der Waals surface area contributed by atoms with Gasteiger partial charge < -0.3 is 5.32 Å². The average Bonchev–Trinajstić information content (AvgIpc) is 3.01. The number of ketones is 1. The van der Waals surface area contributed by atoms with E-state index in [2.05, 4.69) is 12.2 Å². The SMILES string of the molecule is CCCCCCCNC(=O)c1cc([N+](=O)[O-])cc2c1-c1ccc([N+](=O)[O-])cc1C2=O. The minimum atomic E-state index is -0.666. The molecule has 0 atom stereocenters. The van der Waals surface area contributed by atoms with E-state index < -0.39 is 21.5 Å². The summed E-state index contributed by atoms with van der Waals surface area (Å²) in [5.41, 5.74) is 0.0948. The van der Waals surface area contributed by atoms with Crippen molar-refractivity contribution in [1.82, 2.24) is 5.32 Å². The van der Waals surface area contributed by atoms with Gasteiger partial charge in [-0.2, -0.15) is 0 Å². The third kappa shape index (κ3) is 4.05. The lowest BCUT2D eigenvalue weighted by molar-refractivity contribution is -0.385. The Balaban J connectivity index is 1.96. The van der Waals surface area contributed by atoms with Crippen molar-refractivity contribution in [1.29, 1.82) is 0 Å². The maximum Gasteiger partial charge on any atom is 0.271 e. The third-order valence-corrected chi connectivity index (χ3v) is 5.12. The monoisotopic (exact) mass is 411 g/mol. The topological polar surface area (TPSA) is 132 Å². The average molecular weight is 411 g/mol. The molecule has 1 aliphatic carbocycles. The molecule has 156 valence electrons. The van der Waals surface area contributed by atoms with Gasteiger partial charge in [-0.05, 0) is 18.1 Å². The van der Waals surface area contributed by atoms with Crippen molar-refractivity contribution in [3.63, 3.8) is 0 Å². The number of hydrogen-bond acceptors (Lipinski definition) is 6. The summed E-state index contributed by atoms with van der Waals surface area (Å²) in [5, 5.41) is 25.2. The molecule has 0 saturated heterocycles. The van der Waals surface area contributed by atoms with E-state index in [1.165, 1.54) is 12.1 Å². The maximum absolute atomic E-state index is 12.8. The fourth-order valence-electron chi connectivity index (χ4n) is 3.60. The molecule has 2 aromatic rings. The molecule has 0 heterocycles. The van der Waals surface area contributed by atoms with Crippen LogP contribution in [0.1, 0.15) is 65.3 Å². The normalized spacial score (nSPS) is 11.7. The second-order valence-electron chi connectivity index (χ2n) is 7.16. The van der Waals surface area contributed by atoms with Crippen molar-refractivity contribution in [2.24, 2.45) is 0 Å². The Hall–Kier alpha value is -3.62. The fourth-order valence-corrected chi connectivity index (χ4v) is 3.60. The van der Waals surface area contributed by atoms with Gasteiger partial charge in [0, 0.05) is 47.5 Å². The quantitative estimate of drug-likeness (QED) is 0.315. The first-order valence-corrected chi connectivity index (χ1v) is 9.79. The summed E-state index contributed by atoms with van der Waals surface area (Å²) < 4.78 is 0. The van der Waals surface area contributed by atoms with Crippen LogP contribution in [-0.2, 0) is 0 Å². The van der Waals surface area contributed by atoms with Gasteiger partial charge in [0.15, 0.2) is 5.78 Å². The summed E-state index contributed by atoms with van der Waals surface area (Å²) in [7, 11) is 0. The number of benzene rings is 2. The van der Waals surface area contributed by atoms with Crippen LogP contribution in [-0.4, -0.2) is 28.1 Å². The minimum Gasteiger partial charge on any atom is -0.352 e. The van der Waals surface area contributed by atoms with Crippen molar-refractivity contribution >= 4 is 23.1 Å². The molecule has 3 rings (SSSR count). The lowest BCUT2D eigenvalue weighted by Crippen LogP contribution is -2.25. The zero-order chi connectivity index (χ0) is 21.8. The van der Waals surface area contributed by atoms with E-state index in [0.29, 0.717) is 12.1 Å². The third-order valence-electron chi connectivity index (χ3n) is 5.12. The molecular formula is C21H21N3O6. The van der Waals surface area contributed by atoms with E-state index in [1.807, 2.05) is 0 Å². The number of fused-ring (bicyclic) bond motifs is 3. The summed E-state index contributed by atoms with van der Waals surface area (Å²) in [6.45, 7) is 2.53. The van der Waals surface area contributed by atoms with Gasteiger partial charge in [-0.1, -0.05) is 32.6 Å². The van der Waals surface area contributed by atoms with Crippen LogP contribution in [0.4, 0.5) is 11.4 Å². The number of nitro benzene ring substituents is 2. The van der Waals surface area contributed by atoms with Gasteiger partial charge in [-0.25, -0.2) is 0 Å². The number of nitrogens with zero attached hydrogens (tertiary/aromatic N) is 2. The Morgan fingerprint density at radius 2 is 1.57 bits per heavy atom. The minimum absolute atomic E-state index is 0.00722. The van der Waals surface area contributed by atoms with E-state index >= 15 is 0 Å². The molecule has 0 fully saturated rings. The fraction of sp³-hybridized carbons (Fsp3) is 0.333. The van der Waals surface area contributed by atoms with Gasteiger partial charge in [-0.3, -0.25) is 29.8 Å². The van der Waals surface area contributed by atoms with Gasteiger partial charge in [-0.15, -0.1) is 0 Å². The highest BCUT2D eigenvalue weighted by Crippen LogP contribution is 2.42. The van der Waals surface area contributed by atoms with Gasteiger partial charge in [0.2, 0.25) is 0 Å². The molecule has 1 N–H and O–H groups in total. The molecule has 1 aliphatic rings. The van der Waals surface area contributed by atoms with Crippen molar-refractivity contribution in [3.8, 4) is 11.1 Å². The maximum atomic E-state index is 12.8. The Morgan fingerprint density at radius 3 is 2.23 bits per heavy atom. The van der Waals surface area contributed by atoms with E-state index in [1.54, 1.807) is 0 Å². The first kappa shape index (κ1) is 21.1. The Kier molecular flexibility index (Phi) is 6.20. The van der Waals surface area contributed by atoms with Gasteiger partial charge in [0.05, 0.1) is 15.4 Å². The summed E-state index contributed by atoms with van der Waals surface area (Å²) >= 11 is 0. The van der Waals surface area contributed by atoms with Crippen LogP contribution in [0.25, 0.3) is 11.1 Å². The number of hydrogen-bond donors (Lipinski definition) is 1. The molecule has 9 nitrogen and oxygen atoms in total. The number of non-ortho nitro benzene ring substituents is 2. The molecule has 0 unspecified atom stereocenters. The Labute approximate surface area is 172 Å². The number of nitrogens with one attached hydrogen (secondary N) is 1. The number of carbonyl (C=O) groups is 2. The molecule has 0 spiro atoms. The summed E-state index contributed by atoms with van der Waals surface area (Å²) in [4.78, 5) is 46.7. The molecular weight excluding hydrogens is 390 g/mol. The smallest absolute Gasteiger partial charge is 0.271 e. The number of nitro groups is 2. The van der Waals surface area contributed by atoms with Crippen LogP contribution < -0.4 is 5.32 Å². The molecule has 9 heteroatoms. The van der Waals surface area contributed by atoms with E-state index in [0.717, 1.165) is 50.3 Å². The number of carbonyl (C=O) groups excluding carboxylic acids is 2. The lowest BCUT2D eigenvalue weighted by atomic mass is 9.97. The summed E-state index contributed by atoms with van der Waals surface area (Å²) in [5.74, 6) is -1.08. The molecule has 0 aromatic heterocycles. The molecule has 0 saturated carbocycles. The Bertz CT molecular complexity index is 1050. The van der Waals surface area contributed by atoms with Crippen molar-refractivity contribution < 1.29 is 19.4 Å². The van der Waals surface area contributed by atoms with Crippen LogP contribution in [0.5, 0.6) is 0 Å². The molecule has 30 heavy (non-hydrogen) atoms. The predicted molar refractivity (Wildman–Crippen MR) is 110 cm³/mol. The van der Waals surface area contributed by atoms with E-state index in [4.69, 9.17) is 0 Å². The number of unbranched alkanes of at least 4 members (excludes halogenated alkanes) is 4. The highest BCUT2D eigenvalue weighted by atomic mass is 16.6. The van der Waals surface area contributed by atoms with Crippen LogP contribution in [0.2, 0.25) is 0 Å². The molecule has 0 radical (unpaired) electrons. The van der Waals surface area contributed by atoms with Crippen LogP contribution in [0, 0.1) is 20.2 Å². The largest absolute Gasteiger partial charge is 0.352 e. The van der Waals surface area contributed by atoms with Gasteiger partial charge in [0.1, 0.15) is 0 Å². The molecule has 0 aliphatic heterocycles. The standard InChI is InChI=1S/C21H21N3O6/c1-2-3-4-5-6-9-22-21(26)18-12-14(24(29)30)11-17-19(18)15-8-7-13(23(27)28)10-16(15)20(17)25/h7-8,10-12H,2-6,9H2,1H3,(H,22,26). The zero-order valence-electron chi connectivity index (χ0n) is 16.5. The molecule has 1 amide bonds. The molecule has 0 bridgehead atoms. The summed E-state index contributed by atoms with van der Waals surface area (Å²) in [6.07, 6.45) is 5.05. The van der Waals surface area contributed by atoms with Gasteiger partial charge in [0.25, 0.3) is 17.3 Å². The van der Waals surface area contributed by atoms with Crippen LogP contribution >= 0.6 is 0 Å². The Morgan fingerprint density at radius 1 is 0.900 bits per heavy atom.